The maximum atomic E-state index is 13.4. The molecule has 0 N–H and O–H groups in total. The van der Waals surface area contributed by atoms with Crippen molar-refractivity contribution in [2.24, 2.45) is 0 Å². The maximum absolute atomic E-state index is 13.4. The Morgan fingerprint density at radius 1 is 0.429 bits per heavy atom. The predicted octanol–water partition coefficient (Wildman–Crippen LogP) is 3.94. The molecule has 0 atom stereocenters. The van der Waals surface area contributed by atoms with Crippen LogP contribution in [0.25, 0.3) is 11.0 Å². The molecule has 0 nitrogen and oxygen atoms in total. The van der Waals surface area contributed by atoms with Crippen molar-refractivity contribution in [2.75, 3.05) is 0 Å². The van der Waals surface area contributed by atoms with Crippen molar-refractivity contribution in [1.29, 1.82) is 0 Å². The summed E-state index contributed by atoms with van der Waals surface area (Å²) in [4.78, 5) is 0. The van der Waals surface area contributed by atoms with E-state index in [1.807, 2.05) is 0 Å². The second-order valence-electron chi connectivity index (χ2n) is 3.79. The van der Waals surface area contributed by atoms with Gasteiger partial charge in [-0.1, -0.05) is 0 Å². The normalized spacial score (nSPS) is 10.9. The van der Waals surface area contributed by atoms with E-state index in [0.717, 1.165) is 0 Å². The van der Waals surface area contributed by atoms with Gasteiger partial charge in [-0.2, -0.15) is 0 Å². The van der Waals surface area contributed by atoms with Crippen molar-refractivity contribution in [1.82, 2.24) is 0 Å². The third kappa shape index (κ3) is 2.18. The Labute approximate surface area is 111 Å². The minimum atomic E-state index is -2.53. The summed E-state index contributed by atoms with van der Waals surface area (Å²) in [6.45, 7) is -0.216. The monoisotopic (exact) mass is 314 g/mol. The summed E-state index contributed by atoms with van der Waals surface area (Å²) in [7, 11) is 0. The average molecular weight is 314 g/mol. The van der Waals surface area contributed by atoms with E-state index in [2.05, 4.69) is 0 Å². The molecule has 1 aromatic carbocycles. The molecule has 1 heterocycles. The topological polar surface area (TPSA) is 0 Å². The molecule has 0 bridgehead atoms. The number of halogens is 9. The minimum absolute atomic E-state index is 0.216. The van der Waals surface area contributed by atoms with Crippen LogP contribution in [-0.4, -0.2) is 6.91 Å². The molecular weight excluding hydrogens is 314 g/mol. The molecular formula is C11BF9. The van der Waals surface area contributed by atoms with Crippen LogP contribution in [-0.2, 0) is 0 Å². The molecule has 0 fully saturated rings. The van der Waals surface area contributed by atoms with Gasteiger partial charge < -0.3 is 0 Å². The summed E-state index contributed by atoms with van der Waals surface area (Å²) in [5, 5.41) is 0. The zero-order valence-electron chi connectivity index (χ0n) is 9.48. The van der Waals surface area contributed by atoms with E-state index in [1.165, 1.54) is 0 Å². The number of rotatable bonds is 1. The van der Waals surface area contributed by atoms with Gasteiger partial charge in [-0.05, 0) is 0 Å². The van der Waals surface area contributed by atoms with E-state index in [0.29, 0.717) is 0 Å². The van der Waals surface area contributed by atoms with E-state index in [9.17, 15) is 39.5 Å². The van der Waals surface area contributed by atoms with Gasteiger partial charge >= 0.3 is 110 Å². The van der Waals surface area contributed by atoms with Crippen LogP contribution < -0.4 is 0 Å². The average Bonchev–Trinajstić information content (AvgIpc) is 2.46. The zero-order chi connectivity index (χ0) is 16.1. The molecule has 0 saturated heterocycles. The van der Waals surface area contributed by atoms with Crippen LogP contribution in [0.1, 0.15) is 0 Å². The Morgan fingerprint density at radius 2 is 0.810 bits per heavy atom. The molecule has 1 aromatic heterocycles. The van der Waals surface area contributed by atoms with Crippen LogP contribution in [0.2, 0.25) is 0 Å². The molecule has 0 amide bonds. The number of hydrogen-bond donors (Lipinski definition) is 0. The molecule has 0 spiro atoms. The van der Waals surface area contributed by atoms with E-state index in [-0.39, 0.29) is 6.91 Å². The van der Waals surface area contributed by atoms with Gasteiger partial charge in [0.1, 0.15) is 0 Å². The Balaban J connectivity index is 2.93. The molecule has 0 unspecified atom stereocenters. The van der Waals surface area contributed by atoms with Crippen LogP contribution in [0.4, 0.5) is 39.5 Å². The van der Waals surface area contributed by atoms with Crippen molar-refractivity contribution in [3.8, 4) is 11.0 Å². The van der Waals surface area contributed by atoms with Crippen molar-refractivity contribution in [3.63, 3.8) is 0 Å². The molecule has 2 rings (SSSR count). The van der Waals surface area contributed by atoms with Crippen molar-refractivity contribution in [2.45, 2.75) is 0 Å². The first-order chi connectivity index (χ1) is 9.68. The van der Waals surface area contributed by atoms with E-state index in [1.54, 1.807) is 0 Å². The van der Waals surface area contributed by atoms with Gasteiger partial charge in [0.25, 0.3) is 0 Å². The van der Waals surface area contributed by atoms with Gasteiger partial charge in [0, 0.05) is 0 Å². The summed E-state index contributed by atoms with van der Waals surface area (Å²) in [5.41, 5.74) is -5.60. The summed E-state index contributed by atoms with van der Waals surface area (Å²) in [5.74, 6) is -19.4. The first-order valence-electron chi connectivity index (χ1n) is 5.03. The quantitative estimate of drug-likeness (QED) is 0.425. The van der Waals surface area contributed by atoms with Crippen LogP contribution in [0.5, 0.6) is 0 Å². The van der Waals surface area contributed by atoms with Gasteiger partial charge in [-0.25, -0.2) is 0 Å². The fourth-order valence-electron chi connectivity index (χ4n) is 1.60. The SMILES string of the molecule is Fc1bc(-c2c(F)c(F)c(F)c(F)c2F)c(F)c(F)c1F. The number of hydrogen-bond acceptors (Lipinski definition) is 0. The van der Waals surface area contributed by atoms with E-state index in [4.69, 9.17) is 0 Å². The zero-order valence-corrected chi connectivity index (χ0v) is 9.48. The van der Waals surface area contributed by atoms with Crippen LogP contribution in [0, 0.1) is 52.3 Å². The Hall–Kier alpha value is -2.00. The van der Waals surface area contributed by atoms with Crippen LogP contribution in [0.3, 0.4) is 0 Å². The van der Waals surface area contributed by atoms with Crippen molar-refractivity contribution in [3.05, 3.63) is 52.3 Å². The second kappa shape index (κ2) is 5.08. The molecule has 0 saturated carbocycles. The van der Waals surface area contributed by atoms with E-state index < -0.39 is 63.3 Å². The standard InChI is InChI=1S/C11BF9/c13-3-1(4(14)7(17)9(19)6(3)16)2-5(15)8(18)10(20)11(21)12-2. The third-order valence-electron chi connectivity index (χ3n) is 2.58. The van der Waals surface area contributed by atoms with Crippen LogP contribution in [0.15, 0.2) is 0 Å². The third-order valence-corrected chi connectivity index (χ3v) is 2.58. The Morgan fingerprint density at radius 3 is 1.29 bits per heavy atom. The molecule has 0 aliphatic rings. The molecule has 10 heteroatoms. The van der Waals surface area contributed by atoms with Crippen LogP contribution >= 0.6 is 0 Å². The molecule has 0 radical (unpaired) electrons. The Bertz CT molecular complexity index is 727. The van der Waals surface area contributed by atoms with Crippen molar-refractivity contribution < 1.29 is 39.5 Å². The van der Waals surface area contributed by atoms with Crippen molar-refractivity contribution >= 4 is 6.91 Å². The van der Waals surface area contributed by atoms with Gasteiger partial charge in [0.2, 0.25) is 0 Å². The summed E-state index contributed by atoms with van der Waals surface area (Å²) in [6, 6.07) is 0. The first-order valence-corrected chi connectivity index (χ1v) is 5.03. The molecule has 0 aliphatic heterocycles. The van der Waals surface area contributed by atoms with Gasteiger partial charge in [0.05, 0.1) is 0 Å². The molecule has 21 heavy (non-hydrogen) atoms. The number of benzene rings is 1. The summed E-state index contributed by atoms with van der Waals surface area (Å²) >= 11 is 0. The Kier molecular flexibility index (Phi) is 3.73. The summed E-state index contributed by atoms with van der Waals surface area (Å²) < 4.78 is 118. The fourth-order valence-corrected chi connectivity index (χ4v) is 1.60. The first kappa shape index (κ1) is 15.4. The van der Waals surface area contributed by atoms with Gasteiger partial charge in [0.15, 0.2) is 0 Å². The molecule has 2 aromatic rings. The summed E-state index contributed by atoms with van der Waals surface area (Å²) in [6.07, 6.45) is 0. The van der Waals surface area contributed by atoms with E-state index >= 15 is 0 Å². The predicted molar refractivity (Wildman–Crippen MR) is 52.8 cm³/mol. The van der Waals surface area contributed by atoms with Gasteiger partial charge in [-0.3, -0.25) is 0 Å². The molecule has 0 aliphatic carbocycles. The van der Waals surface area contributed by atoms with Gasteiger partial charge in [-0.15, -0.1) is 0 Å². The fraction of sp³-hybridized carbons (Fsp3) is 0. The molecule has 110 valence electrons. The second-order valence-corrected chi connectivity index (χ2v) is 3.79.